The molecule has 1 fully saturated rings. The molecule has 7 nitrogen and oxygen atoms in total. The van der Waals surface area contributed by atoms with Crippen molar-refractivity contribution in [2.45, 2.75) is 19.0 Å². The highest BCUT2D eigenvalue weighted by Gasteiger charge is 2.25. The second-order valence-electron chi connectivity index (χ2n) is 6.75. The third-order valence-corrected chi connectivity index (χ3v) is 4.75. The van der Waals surface area contributed by atoms with Gasteiger partial charge < -0.3 is 10.2 Å². The van der Waals surface area contributed by atoms with Crippen LogP contribution in [0.25, 0.3) is 10.8 Å². The number of carbonyl (C=O) groups excluding carboxylic acids is 1. The Bertz CT molecular complexity index is 801. The molecule has 1 amide bonds. The minimum Gasteiger partial charge on any atom is -0.353 e. The highest BCUT2D eigenvalue weighted by molar-refractivity contribution is 5.80. The van der Waals surface area contributed by atoms with Crippen LogP contribution in [0, 0.1) is 0 Å². The zero-order valence-electron chi connectivity index (χ0n) is 14.8. The maximum Gasteiger partial charge on any atom is 0.274 e. The Labute approximate surface area is 147 Å². The SMILES string of the molecule is CN(C)[C@@H]1CCN(CC(=O)NCCn2ncc3ccccc3c2=O)C1. The second-order valence-corrected chi connectivity index (χ2v) is 6.75. The van der Waals surface area contributed by atoms with Gasteiger partial charge in [0.05, 0.1) is 24.7 Å². The first-order chi connectivity index (χ1) is 12.0. The fourth-order valence-corrected chi connectivity index (χ4v) is 3.22. The largest absolute Gasteiger partial charge is 0.353 e. The third-order valence-electron chi connectivity index (χ3n) is 4.75. The molecule has 25 heavy (non-hydrogen) atoms. The van der Waals surface area contributed by atoms with Gasteiger partial charge in [-0.15, -0.1) is 0 Å². The van der Waals surface area contributed by atoms with E-state index in [1.165, 1.54) is 4.68 Å². The van der Waals surface area contributed by atoms with E-state index in [2.05, 4.69) is 34.3 Å². The van der Waals surface area contributed by atoms with Gasteiger partial charge in [-0.05, 0) is 26.6 Å². The van der Waals surface area contributed by atoms with E-state index >= 15 is 0 Å². The van der Waals surface area contributed by atoms with Crippen molar-refractivity contribution in [1.82, 2.24) is 24.9 Å². The quantitative estimate of drug-likeness (QED) is 0.808. The van der Waals surface area contributed by atoms with E-state index < -0.39 is 0 Å². The summed E-state index contributed by atoms with van der Waals surface area (Å²) in [5.41, 5.74) is -0.124. The molecule has 3 rings (SSSR count). The maximum absolute atomic E-state index is 12.4. The van der Waals surface area contributed by atoms with Crippen LogP contribution in [-0.2, 0) is 11.3 Å². The number of amides is 1. The Morgan fingerprint density at radius 1 is 1.36 bits per heavy atom. The molecule has 7 heteroatoms. The molecule has 0 unspecified atom stereocenters. The lowest BCUT2D eigenvalue weighted by Gasteiger charge is -2.20. The summed E-state index contributed by atoms with van der Waals surface area (Å²) in [5, 5.41) is 8.54. The molecule has 134 valence electrons. The zero-order valence-corrected chi connectivity index (χ0v) is 14.8. The number of nitrogens with one attached hydrogen (secondary N) is 1. The predicted molar refractivity (Wildman–Crippen MR) is 97.5 cm³/mol. The number of hydrogen-bond donors (Lipinski definition) is 1. The highest BCUT2D eigenvalue weighted by Crippen LogP contribution is 2.12. The molecule has 2 heterocycles. The van der Waals surface area contributed by atoms with Gasteiger partial charge in [-0.2, -0.15) is 5.10 Å². The molecule has 1 aromatic carbocycles. The van der Waals surface area contributed by atoms with Crippen LogP contribution in [-0.4, -0.2) is 71.8 Å². The van der Waals surface area contributed by atoms with Crippen LogP contribution >= 0.6 is 0 Å². The lowest BCUT2D eigenvalue weighted by molar-refractivity contribution is -0.122. The monoisotopic (exact) mass is 343 g/mol. The Morgan fingerprint density at radius 2 is 2.16 bits per heavy atom. The minimum absolute atomic E-state index is 0.00626. The number of hydrogen-bond acceptors (Lipinski definition) is 5. The molecule has 1 aromatic heterocycles. The number of nitrogens with zero attached hydrogens (tertiary/aromatic N) is 4. The summed E-state index contributed by atoms with van der Waals surface area (Å²) >= 11 is 0. The lowest BCUT2D eigenvalue weighted by atomic mass is 10.2. The molecular weight excluding hydrogens is 318 g/mol. The van der Waals surface area contributed by atoms with Gasteiger partial charge in [-0.1, -0.05) is 18.2 Å². The summed E-state index contributed by atoms with van der Waals surface area (Å²) in [6.45, 7) is 3.04. The average molecular weight is 343 g/mol. The van der Waals surface area contributed by atoms with Crippen molar-refractivity contribution in [1.29, 1.82) is 0 Å². The van der Waals surface area contributed by atoms with Crippen LogP contribution < -0.4 is 10.9 Å². The van der Waals surface area contributed by atoms with Gasteiger partial charge >= 0.3 is 0 Å². The van der Waals surface area contributed by atoms with Crippen molar-refractivity contribution in [3.63, 3.8) is 0 Å². The molecule has 0 spiro atoms. The fourth-order valence-electron chi connectivity index (χ4n) is 3.22. The molecule has 1 aliphatic heterocycles. The second kappa shape index (κ2) is 7.76. The van der Waals surface area contributed by atoms with E-state index in [1.807, 2.05) is 18.2 Å². The molecule has 0 radical (unpaired) electrons. The summed E-state index contributed by atoms with van der Waals surface area (Å²) in [5.74, 6) is -0.00626. The molecule has 0 bridgehead atoms. The summed E-state index contributed by atoms with van der Waals surface area (Å²) in [6.07, 6.45) is 2.78. The smallest absolute Gasteiger partial charge is 0.274 e. The normalized spacial score (nSPS) is 18.1. The van der Waals surface area contributed by atoms with Crippen LogP contribution in [0.3, 0.4) is 0 Å². The van der Waals surface area contributed by atoms with Crippen LogP contribution in [0.2, 0.25) is 0 Å². The Hall–Kier alpha value is -2.25. The highest BCUT2D eigenvalue weighted by atomic mass is 16.2. The Balaban J connectivity index is 1.49. The fraction of sp³-hybridized carbons (Fsp3) is 0.500. The summed E-state index contributed by atoms with van der Waals surface area (Å²) in [6, 6.07) is 7.91. The van der Waals surface area contributed by atoms with Crippen molar-refractivity contribution in [3.05, 3.63) is 40.8 Å². The van der Waals surface area contributed by atoms with Crippen LogP contribution in [0.4, 0.5) is 0 Å². The molecule has 0 saturated carbocycles. The van der Waals surface area contributed by atoms with Gasteiger partial charge in [0.2, 0.25) is 5.91 Å². The lowest BCUT2D eigenvalue weighted by Crippen LogP contribution is -2.39. The van der Waals surface area contributed by atoms with Crippen molar-refractivity contribution in [2.24, 2.45) is 0 Å². The van der Waals surface area contributed by atoms with E-state index in [0.29, 0.717) is 31.1 Å². The first-order valence-corrected chi connectivity index (χ1v) is 8.65. The number of benzene rings is 1. The van der Waals surface area contributed by atoms with E-state index in [0.717, 1.165) is 24.9 Å². The van der Waals surface area contributed by atoms with Gasteiger partial charge in [-0.25, -0.2) is 4.68 Å². The molecule has 1 saturated heterocycles. The van der Waals surface area contributed by atoms with Gasteiger partial charge in [0, 0.05) is 31.1 Å². The van der Waals surface area contributed by atoms with Gasteiger partial charge in [0.15, 0.2) is 0 Å². The van der Waals surface area contributed by atoms with Gasteiger partial charge in [0.25, 0.3) is 5.56 Å². The number of rotatable bonds is 6. The molecule has 2 aromatic rings. The van der Waals surface area contributed by atoms with Crippen LogP contribution in [0.15, 0.2) is 35.3 Å². The van der Waals surface area contributed by atoms with Crippen molar-refractivity contribution in [3.8, 4) is 0 Å². The molecule has 1 N–H and O–H groups in total. The standard InChI is InChI=1S/C18H25N5O2/c1-21(2)15-7-9-22(12-15)13-17(24)19-8-10-23-18(25)16-6-4-3-5-14(16)11-20-23/h3-6,11,15H,7-10,12-13H2,1-2H3,(H,19,24)/t15-/m1/s1. The first-order valence-electron chi connectivity index (χ1n) is 8.65. The first kappa shape index (κ1) is 17.6. The number of aromatic nitrogens is 2. The predicted octanol–water partition coefficient (Wildman–Crippen LogP) is 0.149. The third kappa shape index (κ3) is 4.24. The van der Waals surface area contributed by atoms with Crippen molar-refractivity contribution in [2.75, 3.05) is 40.3 Å². The van der Waals surface area contributed by atoms with Crippen LogP contribution in [0.5, 0.6) is 0 Å². The number of likely N-dealkylation sites (tertiary alicyclic amines) is 1. The van der Waals surface area contributed by atoms with Crippen molar-refractivity contribution >= 4 is 16.7 Å². The number of likely N-dealkylation sites (N-methyl/N-ethyl adjacent to an activating group) is 1. The Morgan fingerprint density at radius 3 is 2.92 bits per heavy atom. The summed E-state index contributed by atoms with van der Waals surface area (Å²) < 4.78 is 1.40. The minimum atomic E-state index is -0.124. The van der Waals surface area contributed by atoms with Crippen LogP contribution in [0.1, 0.15) is 6.42 Å². The van der Waals surface area contributed by atoms with E-state index in [-0.39, 0.29) is 11.5 Å². The summed E-state index contributed by atoms with van der Waals surface area (Å²) in [7, 11) is 4.14. The Kier molecular flexibility index (Phi) is 5.45. The average Bonchev–Trinajstić information content (AvgIpc) is 3.06. The number of fused-ring (bicyclic) bond motifs is 1. The van der Waals surface area contributed by atoms with E-state index in [1.54, 1.807) is 12.3 Å². The zero-order chi connectivity index (χ0) is 17.8. The summed E-state index contributed by atoms with van der Waals surface area (Å²) in [4.78, 5) is 28.8. The van der Waals surface area contributed by atoms with E-state index in [9.17, 15) is 9.59 Å². The van der Waals surface area contributed by atoms with Gasteiger partial charge in [0.1, 0.15) is 0 Å². The number of carbonyl (C=O) groups is 1. The molecule has 1 aliphatic rings. The van der Waals surface area contributed by atoms with Crippen molar-refractivity contribution < 1.29 is 4.79 Å². The van der Waals surface area contributed by atoms with Gasteiger partial charge in [-0.3, -0.25) is 14.5 Å². The van der Waals surface area contributed by atoms with E-state index in [4.69, 9.17) is 0 Å². The molecule has 1 atom stereocenters. The molecule has 0 aliphatic carbocycles. The topological polar surface area (TPSA) is 70.5 Å². The molecular formula is C18H25N5O2. The maximum atomic E-state index is 12.4.